The average molecular weight is 860 g/mol. The average Bonchev–Trinajstić information content (AvgIpc) is 3.23. The van der Waals surface area contributed by atoms with E-state index >= 15 is 4.79 Å². The standard InChI is InChI=1S/C36H62N10O14/c37-8-2-1-5-26(45-31(52)20-44-30(51)19-43-29(50)18-41)35(56)46(32(53)7-6-24(33(42)54)34(46)55)36(23-47,28(49)22-60-17-15-58-13-11-40)25(4-3-9-38)27(48)21-59-16-14-57-12-10-39/h23-26H,1-22,37-41H2,(H4-,42,43,44,45,50,51,52,54)/p+1/t24?,25?,26-,36+,46?/m0/s1. The Bertz CT molecular complexity index is 1490. The normalized spacial score (nSPS) is 18.4. The van der Waals surface area contributed by atoms with E-state index in [9.17, 15) is 43.2 Å². The minimum atomic E-state index is -3.28. The van der Waals surface area contributed by atoms with Crippen LogP contribution in [0.1, 0.15) is 44.9 Å². The number of carbonyl (C=O) groups is 10. The fourth-order valence-electron chi connectivity index (χ4n) is 6.65. The number of rotatable bonds is 34. The number of nitrogens with zero attached hydrogens (tertiary/aromatic N) is 1. The Morgan fingerprint density at radius 1 is 0.717 bits per heavy atom. The molecule has 1 rings (SSSR count). The molecule has 0 aromatic carbocycles. The fourth-order valence-corrected chi connectivity index (χ4v) is 6.65. The maximum absolute atomic E-state index is 15.4. The smallest absolute Gasteiger partial charge is 0.352 e. The molecular formula is C36H63N10O14+. The number of unbranched alkanes of at least 4 members (excludes halogenated alkanes) is 1. The summed E-state index contributed by atoms with van der Waals surface area (Å²) in [6, 6.07) is -1.89. The highest BCUT2D eigenvalue weighted by Crippen LogP contribution is 2.43. The number of hydrogen-bond donors (Lipinski definition) is 9. The zero-order valence-corrected chi connectivity index (χ0v) is 34.0. The molecule has 340 valence electrons. The Morgan fingerprint density at radius 2 is 1.28 bits per heavy atom. The maximum atomic E-state index is 15.4. The molecule has 1 saturated heterocycles. The number of hydrogen-bond acceptors (Lipinski definition) is 19. The van der Waals surface area contributed by atoms with E-state index in [0.29, 0.717) is 0 Å². The number of nitrogens with one attached hydrogen (secondary N) is 3. The van der Waals surface area contributed by atoms with Crippen molar-refractivity contribution in [2.24, 2.45) is 46.2 Å². The Hall–Kier alpha value is -4.50. The van der Waals surface area contributed by atoms with Crippen molar-refractivity contribution in [1.29, 1.82) is 0 Å². The van der Waals surface area contributed by atoms with Crippen LogP contribution in [-0.4, -0.2) is 174 Å². The number of piperidine rings is 1. The molecule has 7 amide bonds. The molecular weight excluding hydrogens is 796 g/mol. The lowest BCUT2D eigenvalue weighted by Crippen LogP contribution is -2.84. The van der Waals surface area contributed by atoms with E-state index in [2.05, 4.69) is 16.0 Å². The monoisotopic (exact) mass is 859 g/mol. The lowest BCUT2D eigenvalue weighted by molar-refractivity contribution is -0.748. The van der Waals surface area contributed by atoms with E-state index < -0.39 is 133 Å². The van der Waals surface area contributed by atoms with E-state index in [1.165, 1.54) is 0 Å². The summed E-state index contributed by atoms with van der Waals surface area (Å²) in [5.41, 5.74) is 30.0. The molecule has 5 atom stereocenters. The van der Waals surface area contributed by atoms with Crippen LogP contribution in [0, 0.1) is 11.8 Å². The lowest BCUT2D eigenvalue weighted by atomic mass is 9.70. The van der Waals surface area contributed by atoms with E-state index in [1.807, 2.05) is 0 Å². The number of aldehydes is 1. The molecule has 0 aromatic heterocycles. The molecule has 0 aliphatic carbocycles. The fraction of sp³-hybridized carbons (Fsp3) is 0.722. The van der Waals surface area contributed by atoms with Gasteiger partial charge in [-0.25, -0.2) is 14.4 Å². The number of amides is 7. The van der Waals surface area contributed by atoms with Crippen LogP contribution in [0.5, 0.6) is 0 Å². The van der Waals surface area contributed by atoms with Gasteiger partial charge in [-0.1, -0.05) is 0 Å². The predicted octanol–water partition coefficient (Wildman–Crippen LogP) is -6.50. The van der Waals surface area contributed by atoms with Crippen LogP contribution in [0.15, 0.2) is 0 Å². The number of nitrogens with two attached hydrogens (primary N) is 6. The van der Waals surface area contributed by atoms with Crippen LogP contribution >= 0.6 is 0 Å². The summed E-state index contributed by atoms with van der Waals surface area (Å²) >= 11 is 0. The second-order valence-corrected chi connectivity index (χ2v) is 13.6. The second kappa shape index (κ2) is 28.9. The van der Waals surface area contributed by atoms with Crippen molar-refractivity contribution in [3.8, 4) is 0 Å². The van der Waals surface area contributed by atoms with Crippen LogP contribution in [0.3, 0.4) is 0 Å². The largest absolute Gasteiger partial charge is 0.378 e. The molecule has 24 heteroatoms. The first kappa shape index (κ1) is 53.5. The Kier molecular flexibility index (Phi) is 25.8. The molecule has 1 fully saturated rings. The molecule has 1 aliphatic rings. The van der Waals surface area contributed by atoms with E-state index in [1.54, 1.807) is 0 Å². The summed E-state index contributed by atoms with van der Waals surface area (Å²) in [5.74, 6) is -14.6. The van der Waals surface area contributed by atoms with Crippen molar-refractivity contribution < 1.29 is 71.4 Å². The Morgan fingerprint density at radius 3 is 1.83 bits per heavy atom. The molecule has 0 saturated carbocycles. The Labute approximate surface area is 347 Å². The highest BCUT2D eigenvalue weighted by Gasteiger charge is 2.76. The number of carbonyl (C=O) groups excluding carboxylic acids is 10. The third kappa shape index (κ3) is 14.9. The van der Waals surface area contributed by atoms with Crippen LogP contribution in [0.4, 0.5) is 0 Å². The van der Waals surface area contributed by atoms with Crippen molar-refractivity contribution >= 4 is 59.2 Å². The summed E-state index contributed by atoms with van der Waals surface area (Å²) in [6.07, 6.45) is -2.01. The minimum absolute atomic E-state index is 0.0154. The van der Waals surface area contributed by atoms with E-state index in [4.69, 9.17) is 53.3 Å². The van der Waals surface area contributed by atoms with Gasteiger partial charge in [0.1, 0.15) is 19.3 Å². The highest BCUT2D eigenvalue weighted by molar-refractivity contribution is 6.18. The van der Waals surface area contributed by atoms with Gasteiger partial charge in [-0.3, -0.25) is 33.6 Å². The van der Waals surface area contributed by atoms with Gasteiger partial charge in [-0.2, -0.15) is 0 Å². The van der Waals surface area contributed by atoms with Crippen LogP contribution in [0.25, 0.3) is 0 Å². The van der Waals surface area contributed by atoms with Gasteiger partial charge < -0.3 is 69.3 Å². The topological polar surface area (TPSA) is 400 Å². The molecule has 1 aliphatic heterocycles. The van der Waals surface area contributed by atoms with Gasteiger partial charge >= 0.3 is 17.7 Å². The summed E-state index contributed by atoms with van der Waals surface area (Å²) in [4.78, 5) is 138. The Balaban J connectivity index is 4.12. The van der Waals surface area contributed by atoms with Gasteiger partial charge in [0.2, 0.25) is 35.0 Å². The molecule has 0 aromatic rings. The van der Waals surface area contributed by atoms with E-state index in [0.717, 1.165) is 0 Å². The zero-order valence-electron chi connectivity index (χ0n) is 34.0. The first-order valence-corrected chi connectivity index (χ1v) is 19.7. The van der Waals surface area contributed by atoms with Crippen molar-refractivity contribution in [2.75, 3.05) is 98.7 Å². The second-order valence-electron chi connectivity index (χ2n) is 13.6. The van der Waals surface area contributed by atoms with Crippen molar-refractivity contribution in [3.05, 3.63) is 0 Å². The SMILES string of the molecule is NCCCC[C@H](NC(=O)CNC(=O)CNC(=O)CN)C(=O)[N+]1([C@@](C=O)(C(=O)COCCOCCN)C(CCCN)C(=O)COCCOCCN)C(=O)CCC(C(N)=O)C1=O. The van der Waals surface area contributed by atoms with Gasteiger partial charge in [0, 0.05) is 13.1 Å². The van der Waals surface area contributed by atoms with Gasteiger partial charge in [-0.15, -0.1) is 4.48 Å². The third-order valence-corrected chi connectivity index (χ3v) is 9.53. The van der Waals surface area contributed by atoms with Crippen LogP contribution in [-0.2, 0) is 66.9 Å². The first-order chi connectivity index (χ1) is 28.7. The zero-order chi connectivity index (χ0) is 45.1. The molecule has 1 heterocycles. The predicted molar refractivity (Wildman–Crippen MR) is 209 cm³/mol. The number of likely N-dealkylation sites (tertiary alicyclic amines) is 1. The van der Waals surface area contributed by atoms with Crippen molar-refractivity contribution in [1.82, 2.24) is 16.0 Å². The van der Waals surface area contributed by atoms with E-state index in [-0.39, 0.29) is 97.8 Å². The molecule has 0 spiro atoms. The lowest BCUT2D eigenvalue weighted by Gasteiger charge is -2.49. The molecule has 0 bridgehead atoms. The number of ether oxygens (including phenoxy) is 4. The number of Topliss-reactive ketones (excluding diaryl/α,β-unsaturated/α-hetero) is 2. The van der Waals surface area contributed by atoms with Crippen LogP contribution in [0.2, 0.25) is 0 Å². The highest BCUT2D eigenvalue weighted by atomic mass is 16.5. The summed E-state index contributed by atoms with van der Waals surface area (Å²) < 4.78 is 19.2. The first-order valence-electron chi connectivity index (χ1n) is 19.7. The van der Waals surface area contributed by atoms with Crippen molar-refractivity contribution in [3.63, 3.8) is 0 Å². The molecule has 15 N–H and O–H groups in total. The van der Waals surface area contributed by atoms with Gasteiger partial charge in [0.05, 0.1) is 71.6 Å². The molecule has 24 nitrogen and oxygen atoms in total. The quantitative estimate of drug-likeness (QED) is 0.00955. The number of imide groups is 3. The van der Waals surface area contributed by atoms with Gasteiger partial charge in [0.25, 0.3) is 0 Å². The van der Waals surface area contributed by atoms with Crippen LogP contribution < -0.4 is 50.4 Å². The number of quaternary nitrogens is 1. The molecule has 0 radical (unpaired) electrons. The maximum Gasteiger partial charge on any atom is 0.352 e. The van der Waals surface area contributed by atoms with Gasteiger partial charge in [-0.05, 0) is 51.6 Å². The summed E-state index contributed by atoms with van der Waals surface area (Å²) in [5, 5.41) is 6.80. The summed E-state index contributed by atoms with van der Waals surface area (Å²) in [7, 11) is 0. The number of primary amides is 1. The molecule has 3 unspecified atom stereocenters. The molecule has 60 heavy (non-hydrogen) atoms. The van der Waals surface area contributed by atoms with Crippen molar-refractivity contribution in [2.45, 2.75) is 56.5 Å². The minimum Gasteiger partial charge on any atom is -0.378 e. The summed E-state index contributed by atoms with van der Waals surface area (Å²) in [6.45, 7) is -3.59. The number of ketones is 2. The third-order valence-electron chi connectivity index (χ3n) is 9.53. The van der Waals surface area contributed by atoms with Gasteiger partial charge in [0.15, 0.2) is 18.0 Å².